The van der Waals surface area contributed by atoms with Gasteiger partial charge in [-0.25, -0.2) is 9.59 Å². The lowest BCUT2D eigenvalue weighted by Crippen LogP contribution is -2.53. The maximum absolute atomic E-state index is 13.9. The Hall–Kier alpha value is -2.36. The monoisotopic (exact) mass is 711 g/mol. The summed E-state index contributed by atoms with van der Waals surface area (Å²) in [6, 6.07) is 7.17. The van der Waals surface area contributed by atoms with E-state index in [1.807, 2.05) is 12.1 Å². The van der Waals surface area contributed by atoms with Gasteiger partial charge in [0.15, 0.2) is 0 Å². The molecule has 0 N–H and O–H groups in total. The highest BCUT2D eigenvalue weighted by Gasteiger charge is 2.57. The van der Waals surface area contributed by atoms with Crippen molar-refractivity contribution >= 4 is 11.9 Å². The molecule has 1 aromatic rings. The fourth-order valence-electron chi connectivity index (χ4n) is 13.8. The Morgan fingerprint density at radius 3 is 1.40 bits per heavy atom. The Morgan fingerprint density at radius 1 is 0.615 bits per heavy atom. The van der Waals surface area contributed by atoms with Crippen molar-refractivity contribution in [3.8, 4) is 0 Å². The van der Waals surface area contributed by atoms with Gasteiger partial charge in [-0.2, -0.15) is 0 Å². The summed E-state index contributed by atoms with van der Waals surface area (Å²) in [4.78, 5) is 27.8. The van der Waals surface area contributed by atoms with Crippen LogP contribution in [0.25, 0.3) is 0 Å². The zero-order valence-corrected chi connectivity index (χ0v) is 34.0. The molecule has 0 bridgehead atoms. The first-order valence-corrected chi connectivity index (χ1v) is 21.5. The van der Waals surface area contributed by atoms with Gasteiger partial charge in [-0.15, -0.1) is 0 Å². The van der Waals surface area contributed by atoms with Crippen molar-refractivity contribution < 1.29 is 19.1 Å². The summed E-state index contributed by atoms with van der Waals surface area (Å²) in [6.45, 7) is 20.1. The van der Waals surface area contributed by atoms with Crippen molar-refractivity contribution in [1.29, 1.82) is 0 Å². The average Bonchev–Trinajstić information content (AvgIpc) is 3.12. The minimum Gasteiger partial charge on any atom is -0.461 e. The maximum Gasteiger partial charge on any atom is 0.339 e. The average molecular weight is 711 g/mol. The number of esters is 2. The van der Waals surface area contributed by atoms with E-state index in [2.05, 4.69) is 67.5 Å². The van der Waals surface area contributed by atoms with Gasteiger partial charge >= 0.3 is 11.9 Å². The molecule has 0 unspecified atom stereocenters. The predicted octanol–water partition coefficient (Wildman–Crippen LogP) is 12.4. The highest BCUT2D eigenvalue weighted by molar-refractivity contribution is 6.03. The minimum absolute atomic E-state index is 0.0656. The van der Waals surface area contributed by atoms with E-state index < -0.39 is 11.9 Å². The second-order valence-electron chi connectivity index (χ2n) is 20.5. The first kappa shape index (κ1) is 37.9. The third kappa shape index (κ3) is 6.67. The van der Waals surface area contributed by atoms with Crippen LogP contribution >= 0.6 is 0 Å². The lowest BCUT2D eigenvalue weighted by Gasteiger charge is -2.59. The van der Waals surface area contributed by atoms with Crippen LogP contribution in [0.5, 0.6) is 0 Å². The first-order valence-electron chi connectivity index (χ1n) is 21.5. The van der Waals surface area contributed by atoms with Crippen LogP contribution in [0, 0.1) is 69.0 Å². The normalized spacial score (nSPS) is 40.0. The fourth-order valence-corrected chi connectivity index (χ4v) is 13.8. The van der Waals surface area contributed by atoms with E-state index in [1.165, 1.54) is 77.0 Å². The molecule has 4 heteroatoms. The number of hydrogen-bond acceptors (Lipinski definition) is 4. The minimum atomic E-state index is -0.394. The largest absolute Gasteiger partial charge is 0.461 e. The predicted molar refractivity (Wildman–Crippen MR) is 211 cm³/mol. The Morgan fingerprint density at radius 2 is 1.02 bits per heavy atom. The van der Waals surface area contributed by atoms with Gasteiger partial charge in [-0.3, -0.25) is 0 Å². The molecule has 0 heterocycles. The van der Waals surface area contributed by atoms with Gasteiger partial charge in [-0.1, -0.05) is 104 Å². The van der Waals surface area contributed by atoms with E-state index in [4.69, 9.17) is 9.47 Å². The van der Waals surface area contributed by atoms with Crippen molar-refractivity contribution in [2.24, 2.45) is 69.0 Å². The SMILES string of the molecule is CC(C)[C@@H]1C=C2CC[C@@H]3[C@](C)(COC(=O)c4ccccc4C(=O)OC[C@]4(C)CCC[C@]5(C)[C@@H]4CCC4=C[C@@H](C(C)C)CC[C@@H]45)CCC[C@]3(C)[C@@H]2CC1. The molecule has 6 aliphatic carbocycles. The second kappa shape index (κ2) is 14.4. The number of benzene rings is 1. The van der Waals surface area contributed by atoms with E-state index in [-0.39, 0.29) is 21.7 Å². The van der Waals surface area contributed by atoms with E-state index >= 15 is 0 Å². The topological polar surface area (TPSA) is 52.6 Å². The van der Waals surface area contributed by atoms with Crippen molar-refractivity contribution in [3.05, 3.63) is 58.7 Å². The molecule has 4 fully saturated rings. The van der Waals surface area contributed by atoms with Crippen LogP contribution in [0.2, 0.25) is 0 Å². The fraction of sp³-hybridized carbons (Fsp3) is 0.750. The third-order valence-electron chi connectivity index (χ3n) is 16.7. The lowest BCUT2D eigenvalue weighted by atomic mass is 9.45. The Kier molecular flexibility index (Phi) is 10.5. The van der Waals surface area contributed by atoms with Gasteiger partial charge in [0, 0.05) is 10.8 Å². The van der Waals surface area contributed by atoms with Gasteiger partial charge in [-0.05, 0) is 147 Å². The number of fused-ring (bicyclic) bond motifs is 6. The molecule has 7 rings (SSSR count). The molecule has 0 amide bonds. The van der Waals surface area contributed by atoms with Gasteiger partial charge < -0.3 is 9.47 Å². The molecule has 0 saturated heterocycles. The Labute approximate surface area is 316 Å². The summed E-state index contributed by atoms with van der Waals surface area (Å²) in [6.07, 6.45) is 22.2. The molecular weight excluding hydrogens is 641 g/mol. The summed E-state index contributed by atoms with van der Waals surface area (Å²) >= 11 is 0. The van der Waals surface area contributed by atoms with Crippen molar-refractivity contribution in [2.75, 3.05) is 13.2 Å². The first-order chi connectivity index (χ1) is 24.7. The van der Waals surface area contributed by atoms with Crippen LogP contribution in [0.3, 0.4) is 0 Å². The zero-order chi connectivity index (χ0) is 37.1. The maximum atomic E-state index is 13.9. The van der Waals surface area contributed by atoms with E-state index in [9.17, 15) is 9.59 Å². The highest BCUT2D eigenvalue weighted by atomic mass is 16.5. The van der Waals surface area contributed by atoms with Crippen LogP contribution in [-0.4, -0.2) is 25.2 Å². The number of rotatable bonds is 8. The molecule has 4 saturated carbocycles. The summed E-state index contributed by atoms with van der Waals surface area (Å²) in [7, 11) is 0. The highest BCUT2D eigenvalue weighted by Crippen LogP contribution is 2.65. The summed E-state index contributed by atoms with van der Waals surface area (Å²) in [5.41, 5.74) is 4.47. The van der Waals surface area contributed by atoms with Crippen molar-refractivity contribution in [1.82, 2.24) is 0 Å². The van der Waals surface area contributed by atoms with Crippen LogP contribution in [0.4, 0.5) is 0 Å². The number of carbonyl (C=O) groups is 2. The standard InChI is InChI=1S/C48H70O4/c1-31(2)33-15-19-39-35(27-33)17-21-41-45(5,23-11-25-47(39,41)7)29-51-43(49)37-13-9-10-14-38(37)44(50)52-30-46(6)24-12-26-48(8)40-20-16-34(32(3)4)28-36(40)18-22-42(46)48/h9-10,13-14,27-28,31-34,39-42H,11-12,15-26,29-30H2,1-8H3/t33-,34-,39-,40+,41+,42+,45-,46-,47-,48+/m0/s1. The molecule has 0 aliphatic heterocycles. The van der Waals surface area contributed by atoms with Crippen LogP contribution in [0.15, 0.2) is 47.6 Å². The number of carbonyl (C=O) groups excluding carboxylic acids is 2. The van der Waals surface area contributed by atoms with Crippen LogP contribution in [0.1, 0.15) is 166 Å². The van der Waals surface area contributed by atoms with E-state index in [0.29, 0.717) is 71.7 Å². The third-order valence-corrected chi connectivity index (χ3v) is 16.7. The van der Waals surface area contributed by atoms with Gasteiger partial charge in [0.25, 0.3) is 0 Å². The quantitative estimate of drug-likeness (QED) is 0.199. The Balaban J connectivity index is 1.01. The van der Waals surface area contributed by atoms with Crippen molar-refractivity contribution in [3.63, 3.8) is 0 Å². The van der Waals surface area contributed by atoms with Crippen molar-refractivity contribution in [2.45, 2.75) is 145 Å². The Bertz CT molecular complexity index is 1450. The van der Waals surface area contributed by atoms with Crippen LogP contribution < -0.4 is 0 Å². The number of ether oxygens (including phenoxy) is 2. The number of allylic oxidation sites excluding steroid dienone is 4. The van der Waals surface area contributed by atoms with Crippen LogP contribution in [-0.2, 0) is 9.47 Å². The molecule has 6 aliphatic rings. The molecular formula is C48H70O4. The zero-order valence-electron chi connectivity index (χ0n) is 34.0. The molecule has 286 valence electrons. The van der Waals surface area contributed by atoms with Gasteiger partial charge in [0.1, 0.15) is 0 Å². The lowest BCUT2D eigenvalue weighted by molar-refractivity contribution is -0.0931. The molecule has 10 atom stereocenters. The molecule has 52 heavy (non-hydrogen) atoms. The van der Waals surface area contributed by atoms with Gasteiger partial charge in [0.2, 0.25) is 0 Å². The summed E-state index contributed by atoms with van der Waals surface area (Å²) in [5.74, 6) is 4.42. The summed E-state index contributed by atoms with van der Waals surface area (Å²) < 4.78 is 12.5. The van der Waals surface area contributed by atoms with Gasteiger partial charge in [0.05, 0.1) is 24.3 Å². The molecule has 0 spiro atoms. The summed E-state index contributed by atoms with van der Waals surface area (Å²) in [5, 5.41) is 0. The smallest absolute Gasteiger partial charge is 0.339 e. The second-order valence-corrected chi connectivity index (χ2v) is 20.5. The molecule has 0 aromatic heterocycles. The molecule has 4 nitrogen and oxygen atoms in total. The van der Waals surface area contributed by atoms with E-state index in [1.54, 1.807) is 23.3 Å². The molecule has 1 aromatic carbocycles. The van der Waals surface area contributed by atoms with E-state index in [0.717, 1.165) is 12.8 Å². The number of hydrogen-bond donors (Lipinski definition) is 0. The molecule has 0 radical (unpaired) electrons.